The molecule has 1 saturated heterocycles. The molecule has 6 nitrogen and oxygen atoms in total. The van der Waals surface area contributed by atoms with Gasteiger partial charge in [-0.25, -0.2) is 0 Å². The summed E-state index contributed by atoms with van der Waals surface area (Å²) in [5.41, 5.74) is 3.70. The van der Waals surface area contributed by atoms with Gasteiger partial charge >= 0.3 is 0 Å². The molecule has 27 heavy (non-hydrogen) atoms. The first-order valence-corrected chi connectivity index (χ1v) is 9.36. The Morgan fingerprint density at radius 2 is 2.00 bits per heavy atom. The molecule has 148 valence electrons. The third-order valence-electron chi connectivity index (χ3n) is 4.76. The zero-order valence-corrected chi connectivity index (χ0v) is 18.8. The van der Waals surface area contributed by atoms with Crippen LogP contribution in [-0.2, 0) is 19.5 Å². The van der Waals surface area contributed by atoms with Crippen LogP contribution in [0.4, 0.5) is 0 Å². The molecule has 1 fully saturated rings. The van der Waals surface area contributed by atoms with Crippen LogP contribution in [0.5, 0.6) is 0 Å². The molecule has 0 radical (unpaired) electrons. The number of aryl methyl sites for hydroxylation is 2. The second-order valence-corrected chi connectivity index (χ2v) is 6.79. The van der Waals surface area contributed by atoms with Gasteiger partial charge in [-0.05, 0) is 18.9 Å². The standard InChI is InChI=1S/C20H29N5O.HI/c1-4-18-13-19(26-23-18)14-22-20(21-3)25-10-8-24(9-11-25)15-17-7-5-6-16(2)12-17;/h5-7,12-13H,4,8-11,14-15H2,1-3H3,(H,21,22);1H. The molecule has 0 atom stereocenters. The Bertz CT molecular complexity index is 737. The van der Waals surface area contributed by atoms with Crippen LogP contribution >= 0.6 is 24.0 Å². The maximum Gasteiger partial charge on any atom is 0.194 e. The summed E-state index contributed by atoms with van der Waals surface area (Å²) in [6.07, 6.45) is 0.890. The van der Waals surface area contributed by atoms with Crippen molar-refractivity contribution < 1.29 is 4.52 Å². The highest BCUT2D eigenvalue weighted by Crippen LogP contribution is 2.11. The lowest BCUT2D eigenvalue weighted by Gasteiger charge is -2.36. The Kier molecular flexibility index (Phi) is 8.56. The minimum Gasteiger partial charge on any atom is -0.359 e. The van der Waals surface area contributed by atoms with E-state index in [1.807, 2.05) is 13.1 Å². The summed E-state index contributed by atoms with van der Waals surface area (Å²) in [6, 6.07) is 10.8. The van der Waals surface area contributed by atoms with E-state index in [1.165, 1.54) is 11.1 Å². The molecular formula is C20H30IN5O. The van der Waals surface area contributed by atoms with E-state index in [9.17, 15) is 0 Å². The third kappa shape index (κ3) is 6.21. The Hall–Kier alpha value is -1.61. The molecule has 7 heteroatoms. The molecule has 2 aromatic rings. The first-order valence-electron chi connectivity index (χ1n) is 9.36. The SMILES string of the molecule is CCc1cc(CNC(=NC)N2CCN(Cc3cccc(C)c3)CC2)on1.I. The van der Waals surface area contributed by atoms with Crippen LogP contribution in [0.2, 0.25) is 0 Å². The van der Waals surface area contributed by atoms with Crippen molar-refractivity contribution in [1.82, 2.24) is 20.3 Å². The third-order valence-corrected chi connectivity index (χ3v) is 4.76. The molecule has 0 bridgehead atoms. The zero-order chi connectivity index (χ0) is 18.4. The van der Waals surface area contributed by atoms with Gasteiger partial charge in [0, 0.05) is 45.8 Å². The summed E-state index contributed by atoms with van der Waals surface area (Å²) in [6.45, 7) is 9.87. The fourth-order valence-corrected chi connectivity index (χ4v) is 3.29. The number of piperazine rings is 1. The van der Waals surface area contributed by atoms with E-state index < -0.39 is 0 Å². The Labute approximate surface area is 179 Å². The van der Waals surface area contributed by atoms with Crippen LogP contribution < -0.4 is 5.32 Å². The number of guanidine groups is 1. The van der Waals surface area contributed by atoms with Crippen molar-refractivity contribution in [3.63, 3.8) is 0 Å². The second kappa shape index (κ2) is 10.7. The van der Waals surface area contributed by atoms with Crippen molar-refractivity contribution in [2.45, 2.75) is 33.4 Å². The fraction of sp³-hybridized carbons (Fsp3) is 0.500. The number of rotatable bonds is 5. The normalized spacial score (nSPS) is 15.5. The minimum absolute atomic E-state index is 0. The lowest BCUT2D eigenvalue weighted by molar-refractivity contribution is 0.172. The maximum absolute atomic E-state index is 5.34. The molecule has 1 N–H and O–H groups in total. The van der Waals surface area contributed by atoms with Crippen LogP contribution in [0.3, 0.4) is 0 Å². The average molecular weight is 483 g/mol. The monoisotopic (exact) mass is 483 g/mol. The van der Waals surface area contributed by atoms with Crippen LogP contribution in [0, 0.1) is 6.92 Å². The summed E-state index contributed by atoms with van der Waals surface area (Å²) in [4.78, 5) is 9.24. The second-order valence-electron chi connectivity index (χ2n) is 6.79. The van der Waals surface area contributed by atoms with Gasteiger partial charge in [0.15, 0.2) is 11.7 Å². The average Bonchev–Trinajstić information content (AvgIpc) is 3.12. The van der Waals surface area contributed by atoms with Gasteiger partial charge in [-0.15, -0.1) is 24.0 Å². The number of nitrogens with one attached hydrogen (secondary N) is 1. The Morgan fingerprint density at radius 3 is 2.63 bits per heavy atom. The van der Waals surface area contributed by atoms with Gasteiger partial charge in [-0.3, -0.25) is 9.89 Å². The summed E-state index contributed by atoms with van der Waals surface area (Å²) in [5.74, 6) is 1.77. The summed E-state index contributed by atoms with van der Waals surface area (Å²) < 4.78 is 5.34. The van der Waals surface area contributed by atoms with Crippen molar-refractivity contribution in [3.8, 4) is 0 Å². The highest BCUT2D eigenvalue weighted by Gasteiger charge is 2.20. The molecule has 1 aliphatic rings. The number of hydrogen-bond donors (Lipinski definition) is 1. The molecule has 1 aromatic carbocycles. The van der Waals surface area contributed by atoms with Gasteiger partial charge in [0.05, 0.1) is 12.2 Å². The van der Waals surface area contributed by atoms with Gasteiger partial charge in [0.1, 0.15) is 0 Å². The largest absolute Gasteiger partial charge is 0.359 e. The first kappa shape index (κ1) is 21.7. The molecule has 0 spiro atoms. The van der Waals surface area contributed by atoms with E-state index in [0.717, 1.165) is 56.6 Å². The maximum atomic E-state index is 5.34. The van der Waals surface area contributed by atoms with Gasteiger partial charge in [0.25, 0.3) is 0 Å². The van der Waals surface area contributed by atoms with Crippen LogP contribution in [0.15, 0.2) is 39.8 Å². The van der Waals surface area contributed by atoms with Crippen molar-refractivity contribution in [3.05, 3.63) is 52.9 Å². The van der Waals surface area contributed by atoms with E-state index in [-0.39, 0.29) is 24.0 Å². The van der Waals surface area contributed by atoms with E-state index >= 15 is 0 Å². The van der Waals surface area contributed by atoms with E-state index in [1.54, 1.807) is 0 Å². The number of nitrogens with zero attached hydrogens (tertiary/aromatic N) is 4. The Balaban J connectivity index is 0.00000261. The first-order chi connectivity index (χ1) is 12.7. The molecule has 3 rings (SSSR count). The van der Waals surface area contributed by atoms with Crippen molar-refractivity contribution in [2.24, 2.45) is 4.99 Å². The number of aromatic nitrogens is 1. The van der Waals surface area contributed by atoms with Gasteiger partial charge in [0.2, 0.25) is 0 Å². The predicted octanol–water partition coefficient (Wildman–Crippen LogP) is 3.06. The van der Waals surface area contributed by atoms with Gasteiger partial charge < -0.3 is 14.7 Å². The summed E-state index contributed by atoms with van der Waals surface area (Å²) in [5, 5.41) is 7.42. The molecule has 1 aliphatic heterocycles. The number of hydrogen-bond acceptors (Lipinski definition) is 4. The topological polar surface area (TPSA) is 56.9 Å². The van der Waals surface area contributed by atoms with E-state index in [0.29, 0.717) is 6.54 Å². The Morgan fingerprint density at radius 1 is 1.22 bits per heavy atom. The summed E-state index contributed by atoms with van der Waals surface area (Å²) in [7, 11) is 1.83. The lowest BCUT2D eigenvalue weighted by atomic mass is 10.1. The number of benzene rings is 1. The van der Waals surface area contributed by atoms with Crippen molar-refractivity contribution in [1.29, 1.82) is 0 Å². The number of aliphatic imine (C=N–C) groups is 1. The zero-order valence-electron chi connectivity index (χ0n) is 16.4. The molecular weight excluding hydrogens is 453 g/mol. The fourth-order valence-electron chi connectivity index (χ4n) is 3.29. The molecule has 2 heterocycles. The molecule has 0 saturated carbocycles. The molecule has 1 aromatic heterocycles. The van der Waals surface area contributed by atoms with Gasteiger partial charge in [-0.2, -0.15) is 0 Å². The van der Waals surface area contributed by atoms with Gasteiger partial charge in [-0.1, -0.05) is 41.9 Å². The summed E-state index contributed by atoms with van der Waals surface area (Å²) >= 11 is 0. The van der Waals surface area contributed by atoms with Crippen molar-refractivity contribution >= 4 is 29.9 Å². The van der Waals surface area contributed by atoms with E-state index in [4.69, 9.17) is 4.52 Å². The number of halogens is 1. The molecule has 0 unspecified atom stereocenters. The van der Waals surface area contributed by atoms with Crippen LogP contribution in [0.1, 0.15) is 29.5 Å². The van der Waals surface area contributed by atoms with Crippen LogP contribution in [0.25, 0.3) is 0 Å². The molecule has 0 amide bonds. The van der Waals surface area contributed by atoms with Crippen LogP contribution in [-0.4, -0.2) is 54.1 Å². The predicted molar refractivity (Wildman–Crippen MR) is 120 cm³/mol. The quantitative estimate of drug-likeness (QED) is 0.403. The van der Waals surface area contributed by atoms with E-state index in [2.05, 4.69) is 63.4 Å². The molecule has 0 aliphatic carbocycles. The highest BCUT2D eigenvalue weighted by atomic mass is 127. The smallest absolute Gasteiger partial charge is 0.194 e. The highest BCUT2D eigenvalue weighted by molar-refractivity contribution is 14.0. The lowest BCUT2D eigenvalue weighted by Crippen LogP contribution is -2.52. The van der Waals surface area contributed by atoms with Crippen molar-refractivity contribution in [2.75, 3.05) is 33.2 Å². The minimum atomic E-state index is 0.